The third kappa shape index (κ3) is 5.11. The van der Waals surface area contributed by atoms with E-state index in [0.717, 1.165) is 63.3 Å². The summed E-state index contributed by atoms with van der Waals surface area (Å²) in [5.41, 5.74) is 1.14. The Morgan fingerprint density at radius 1 is 1.23 bits per heavy atom. The van der Waals surface area contributed by atoms with Crippen LogP contribution in [0.15, 0.2) is 30.3 Å². The molecule has 1 aromatic heterocycles. The van der Waals surface area contributed by atoms with Gasteiger partial charge in [-0.2, -0.15) is 0 Å². The number of unbranched alkanes of at least 4 members (excludes halogenated alkanes) is 1. The Morgan fingerprint density at radius 3 is 2.73 bits per heavy atom. The number of rotatable bonds is 8. The van der Waals surface area contributed by atoms with Crippen LogP contribution >= 0.6 is 0 Å². The summed E-state index contributed by atoms with van der Waals surface area (Å²) in [6.45, 7) is 6.21. The van der Waals surface area contributed by atoms with E-state index in [1.54, 1.807) is 0 Å². The van der Waals surface area contributed by atoms with Crippen LogP contribution in [0.25, 0.3) is 0 Å². The zero-order valence-corrected chi connectivity index (χ0v) is 15.5. The van der Waals surface area contributed by atoms with E-state index in [1.807, 2.05) is 35.0 Å². The number of nitrogens with zero attached hydrogens (tertiary/aromatic N) is 5. The molecule has 0 atom stereocenters. The lowest BCUT2D eigenvalue weighted by Crippen LogP contribution is -2.40. The molecule has 0 saturated carbocycles. The summed E-state index contributed by atoms with van der Waals surface area (Å²) >= 11 is 0. The first-order chi connectivity index (χ1) is 12.8. The Hall–Kier alpha value is -2.28. The topological polar surface area (TPSA) is 75.9 Å². The first-order valence-electron chi connectivity index (χ1n) is 9.55. The van der Waals surface area contributed by atoms with Crippen LogP contribution in [-0.4, -0.2) is 44.1 Å². The molecule has 0 spiro atoms. The number of tetrazole rings is 1. The number of carbonyl (C=O) groups is 1. The number of aromatic nitrogens is 4. The number of amides is 1. The summed E-state index contributed by atoms with van der Waals surface area (Å²) in [7, 11) is 0. The Bertz CT molecular complexity index is 678. The van der Waals surface area contributed by atoms with Crippen LogP contribution in [0.4, 0.5) is 0 Å². The second-order valence-corrected chi connectivity index (χ2v) is 6.93. The van der Waals surface area contributed by atoms with Gasteiger partial charge in [-0.15, -0.1) is 5.10 Å². The van der Waals surface area contributed by atoms with Crippen molar-refractivity contribution in [3.05, 3.63) is 41.7 Å². The molecule has 1 aliphatic heterocycles. The minimum absolute atomic E-state index is 0.103. The van der Waals surface area contributed by atoms with E-state index in [0.29, 0.717) is 6.54 Å². The third-order valence-corrected chi connectivity index (χ3v) is 4.96. The minimum Gasteiger partial charge on any atom is -0.352 e. The maximum atomic E-state index is 12.4. The molecule has 1 aromatic carbocycles. The zero-order valence-electron chi connectivity index (χ0n) is 15.5. The van der Waals surface area contributed by atoms with E-state index in [-0.39, 0.29) is 11.8 Å². The van der Waals surface area contributed by atoms with E-state index < -0.39 is 0 Å². The summed E-state index contributed by atoms with van der Waals surface area (Å²) in [4.78, 5) is 14.7. The zero-order chi connectivity index (χ0) is 18.2. The summed E-state index contributed by atoms with van der Waals surface area (Å²) in [5.74, 6) is 1.19. The van der Waals surface area contributed by atoms with Crippen LogP contribution in [0.1, 0.15) is 44.0 Å². The number of carbonyl (C=O) groups excluding carboxylic acids is 1. The highest BCUT2D eigenvalue weighted by molar-refractivity contribution is 5.78. The average molecular weight is 356 g/mol. The molecule has 0 bridgehead atoms. The summed E-state index contributed by atoms with van der Waals surface area (Å²) in [5, 5.41) is 15.1. The van der Waals surface area contributed by atoms with E-state index in [2.05, 4.69) is 32.7 Å². The number of benzene rings is 1. The Morgan fingerprint density at radius 2 is 2.00 bits per heavy atom. The highest BCUT2D eigenvalue weighted by Gasteiger charge is 2.25. The van der Waals surface area contributed by atoms with Gasteiger partial charge in [-0.3, -0.25) is 9.69 Å². The van der Waals surface area contributed by atoms with Gasteiger partial charge < -0.3 is 5.32 Å². The van der Waals surface area contributed by atoms with Gasteiger partial charge in [0.25, 0.3) is 0 Å². The largest absolute Gasteiger partial charge is 0.352 e. The number of hydrogen-bond acceptors (Lipinski definition) is 5. The lowest BCUT2D eigenvalue weighted by Gasteiger charge is -2.30. The lowest BCUT2D eigenvalue weighted by molar-refractivity contribution is -0.126. The molecule has 1 fully saturated rings. The standard InChI is InChI=1S/C19H28N6O/c1-2-3-11-25-18(21-22-23-25)15-24-12-9-17(10-13-24)19(26)20-14-16-7-5-4-6-8-16/h4-8,17H,2-3,9-15H2,1H3,(H,20,26). The van der Waals surface area contributed by atoms with Crippen LogP contribution in [0.5, 0.6) is 0 Å². The van der Waals surface area contributed by atoms with Crippen molar-refractivity contribution in [2.45, 2.75) is 52.2 Å². The van der Waals surface area contributed by atoms with Gasteiger partial charge in [-0.1, -0.05) is 43.7 Å². The van der Waals surface area contributed by atoms with Crippen molar-refractivity contribution < 1.29 is 4.79 Å². The van der Waals surface area contributed by atoms with Gasteiger partial charge in [0.2, 0.25) is 5.91 Å². The van der Waals surface area contributed by atoms with Crippen molar-refractivity contribution in [1.29, 1.82) is 0 Å². The molecule has 2 heterocycles. The molecular formula is C19H28N6O. The molecule has 7 nitrogen and oxygen atoms in total. The number of aryl methyl sites for hydroxylation is 1. The lowest BCUT2D eigenvalue weighted by atomic mass is 9.96. The molecule has 1 aliphatic rings. The number of likely N-dealkylation sites (tertiary alicyclic amines) is 1. The first-order valence-corrected chi connectivity index (χ1v) is 9.55. The molecule has 1 N–H and O–H groups in total. The van der Waals surface area contributed by atoms with Crippen LogP contribution in [0.3, 0.4) is 0 Å². The van der Waals surface area contributed by atoms with Crippen molar-refractivity contribution in [2.24, 2.45) is 5.92 Å². The van der Waals surface area contributed by atoms with Gasteiger partial charge in [-0.05, 0) is 48.3 Å². The number of piperidine rings is 1. The minimum atomic E-state index is 0.103. The van der Waals surface area contributed by atoms with Crippen molar-refractivity contribution in [3.8, 4) is 0 Å². The van der Waals surface area contributed by atoms with Gasteiger partial charge in [0.1, 0.15) is 0 Å². The molecule has 0 aliphatic carbocycles. The second-order valence-electron chi connectivity index (χ2n) is 6.93. The van der Waals surface area contributed by atoms with E-state index >= 15 is 0 Å². The fraction of sp³-hybridized carbons (Fsp3) is 0.579. The summed E-state index contributed by atoms with van der Waals surface area (Å²) in [6, 6.07) is 10.0. The number of hydrogen-bond donors (Lipinski definition) is 1. The van der Waals surface area contributed by atoms with Gasteiger partial charge >= 0.3 is 0 Å². The predicted octanol–water partition coefficient (Wildman–Crippen LogP) is 2.00. The smallest absolute Gasteiger partial charge is 0.223 e. The summed E-state index contributed by atoms with van der Waals surface area (Å²) < 4.78 is 1.90. The molecule has 140 valence electrons. The quantitative estimate of drug-likeness (QED) is 0.783. The molecule has 7 heteroatoms. The molecule has 0 radical (unpaired) electrons. The van der Waals surface area contributed by atoms with E-state index in [1.165, 1.54) is 0 Å². The Balaban J connectivity index is 1.42. The molecule has 1 saturated heterocycles. The molecule has 26 heavy (non-hydrogen) atoms. The van der Waals surface area contributed by atoms with Crippen molar-refractivity contribution >= 4 is 5.91 Å². The van der Waals surface area contributed by atoms with Crippen LogP contribution in [0.2, 0.25) is 0 Å². The van der Waals surface area contributed by atoms with Crippen molar-refractivity contribution in [2.75, 3.05) is 13.1 Å². The highest BCUT2D eigenvalue weighted by Crippen LogP contribution is 2.19. The molecule has 0 unspecified atom stereocenters. The normalized spacial score (nSPS) is 15.9. The maximum Gasteiger partial charge on any atom is 0.223 e. The van der Waals surface area contributed by atoms with E-state index in [4.69, 9.17) is 0 Å². The fourth-order valence-corrected chi connectivity index (χ4v) is 3.30. The molecule has 2 aromatic rings. The maximum absolute atomic E-state index is 12.4. The first kappa shape index (κ1) is 18.5. The van der Waals surface area contributed by atoms with Gasteiger partial charge in [0.15, 0.2) is 5.82 Å². The van der Waals surface area contributed by atoms with Gasteiger partial charge in [0, 0.05) is 19.0 Å². The summed E-state index contributed by atoms with van der Waals surface area (Å²) in [6.07, 6.45) is 3.98. The fourth-order valence-electron chi connectivity index (χ4n) is 3.30. The van der Waals surface area contributed by atoms with Crippen molar-refractivity contribution in [1.82, 2.24) is 30.4 Å². The van der Waals surface area contributed by atoms with Crippen LogP contribution in [0, 0.1) is 5.92 Å². The van der Waals surface area contributed by atoms with Crippen molar-refractivity contribution in [3.63, 3.8) is 0 Å². The SMILES string of the molecule is CCCCn1nnnc1CN1CCC(C(=O)NCc2ccccc2)CC1. The third-order valence-electron chi connectivity index (χ3n) is 4.96. The number of nitrogens with one attached hydrogen (secondary N) is 1. The predicted molar refractivity (Wildman–Crippen MR) is 99.0 cm³/mol. The average Bonchev–Trinajstić information content (AvgIpc) is 3.12. The van der Waals surface area contributed by atoms with Gasteiger partial charge in [-0.25, -0.2) is 4.68 Å². The Labute approximate surface area is 154 Å². The Kier molecular flexibility index (Phi) is 6.71. The van der Waals surface area contributed by atoms with Crippen LogP contribution in [-0.2, 0) is 24.4 Å². The van der Waals surface area contributed by atoms with Gasteiger partial charge in [0.05, 0.1) is 6.54 Å². The second kappa shape index (κ2) is 9.43. The molecule has 1 amide bonds. The monoisotopic (exact) mass is 356 g/mol. The van der Waals surface area contributed by atoms with Crippen LogP contribution < -0.4 is 5.32 Å². The van der Waals surface area contributed by atoms with E-state index in [9.17, 15) is 4.79 Å². The molecular weight excluding hydrogens is 328 g/mol. The molecule has 3 rings (SSSR count). The highest BCUT2D eigenvalue weighted by atomic mass is 16.1.